The summed E-state index contributed by atoms with van der Waals surface area (Å²) in [6.45, 7) is 3.38. The van der Waals surface area contributed by atoms with Crippen LogP contribution < -0.4 is 5.73 Å². The number of H-pyrrole nitrogens is 2. The van der Waals surface area contributed by atoms with Crippen molar-refractivity contribution in [3.05, 3.63) is 85.0 Å². The number of nitrogens with two attached hydrogens (primary N) is 1. The molecule has 1 aliphatic rings. The largest absolute Gasteiger partial charge is 0.344 e. The van der Waals surface area contributed by atoms with Gasteiger partial charge in [-0.05, 0) is 26.0 Å². The van der Waals surface area contributed by atoms with Gasteiger partial charge in [-0.25, -0.2) is 18.4 Å². The van der Waals surface area contributed by atoms with Gasteiger partial charge in [-0.2, -0.15) is 0 Å². The smallest absolute Gasteiger partial charge is 0.164 e. The van der Waals surface area contributed by atoms with Crippen molar-refractivity contribution in [3.63, 3.8) is 0 Å². The molecule has 7 nitrogen and oxygen atoms in total. The van der Waals surface area contributed by atoms with E-state index in [1.165, 1.54) is 0 Å². The lowest BCUT2D eigenvalue weighted by atomic mass is 9.91. The second kappa shape index (κ2) is 8.38. The van der Waals surface area contributed by atoms with Crippen LogP contribution in [0.15, 0.2) is 79.2 Å². The third-order valence-electron chi connectivity index (χ3n) is 6.47. The third kappa shape index (κ3) is 3.59. The molecule has 0 saturated heterocycles. The molecule has 0 bridgehead atoms. The summed E-state index contributed by atoms with van der Waals surface area (Å²) < 4.78 is 25.5. The van der Waals surface area contributed by atoms with E-state index in [2.05, 4.69) is 15.0 Å². The molecule has 5 rings (SSSR count). The molecule has 0 saturated carbocycles. The van der Waals surface area contributed by atoms with E-state index in [-0.39, 0.29) is 6.42 Å². The lowest BCUT2D eigenvalue weighted by Gasteiger charge is -2.36. The lowest BCUT2D eigenvalue weighted by molar-refractivity contribution is 0.508. The highest BCUT2D eigenvalue weighted by Gasteiger charge is 2.48. The Labute approximate surface area is 198 Å². The molecule has 1 aliphatic carbocycles. The van der Waals surface area contributed by atoms with Crippen LogP contribution in [0, 0.1) is 0 Å². The zero-order chi connectivity index (χ0) is 23.9. The van der Waals surface area contributed by atoms with Crippen molar-refractivity contribution in [2.75, 3.05) is 0 Å². The van der Waals surface area contributed by atoms with Gasteiger partial charge in [0, 0.05) is 23.6 Å². The molecule has 4 aromatic rings. The van der Waals surface area contributed by atoms with Crippen LogP contribution in [0.3, 0.4) is 0 Å². The first kappa shape index (κ1) is 22.3. The normalized spacial score (nSPS) is 20.4. The van der Waals surface area contributed by atoms with Crippen molar-refractivity contribution in [2.24, 2.45) is 5.73 Å². The topological polar surface area (TPSA) is 118 Å². The van der Waals surface area contributed by atoms with Crippen molar-refractivity contribution in [2.45, 2.75) is 36.3 Å². The van der Waals surface area contributed by atoms with Crippen LogP contribution in [-0.2, 0) is 16.3 Å². The number of aromatic nitrogens is 4. The maximum Gasteiger partial charge on any atom is 0.164 e. The molecule has 4 N–H and O–H groups in total. The number of allylic oxidation sites excluding steroid dienone is 2. The highest BCUT2D eigenvalue weighted by molar-refractivity contribution is 7.93. The summed E-state index contributed by atoms with van der Waals surface area (Å²) in [5, 5.41) is -0.568. The molecule has 8 heteroatoms. The van der Waals surface area contributed by atoms with Gasteiger partial charge in [-0.1, -0.05) is 60.7 Å². The van der Waals surface area contributed by atoms with E-state index in [9.17, 15) is 8.42 Å². The zero-order valence-corrected chi connectivity index (χ0v) is 19.9. The van der Waals surface area contributed by atoms with Crippen molar-refractivity contribution < 1.29 is 8.42 Å². The number of nitrogens with zero attached hydrogens (tertiary/aromatic N) is 2. The van der Waals surface area contributed by atoms with Crippen LogP contribution in [0.1, 0.15) is 19.7 Å². The van der Waals surface area contributed by atoms with Crippen LogP contribution in [0.5, 0.6) is 0 Å². The molecule has 2 unspecified atom stereocenters. The molecule has 0 fully saturated rings. The van der Waals surface area contributed by atoms with Gasteiger partial charge in [0.25, 0.3) is 0 Å². The zero-order valence-electron chi connectivity index (χ0n) is 19.1. The molecule has 0 spiro atoms. The number of imidazole rings is 2. The molecule has 2 aromatic carbocycles. The Morgan fingerprint density at radius 1 is 1.09 bits per heavy atom. The molecule has 0 amide bonds. The third-order valence-corrected chi connectivity index (χ3v) is 9.33. The first-order chi connectivity index (χ1) is 16.3. The van der Waals surface area contributed by atoms with E-state index in [0.29, 0.717) is 5.82 Å². The summed E-state index contributed by atoms with van der Waals surface area (Å²) in [5.41, 5.74) is 11.7. The first-order valence-corrected chi connectivity index (χ1v) is 12.8. The minimum atomic E-state index is -3.56. The van der Waals surface area contributed by atoms with Crippen molar-refractivity contribution >= 4 is 20.9 Å². The quantitative estimate of drug-likeness (QED) is 0.388. The Hall–Kier alpha value is -3.49. The minimum absolute atomic E-state index is 0.164. The molecule has 0 aliphatic heterocycles. The Kier molecular flexibility index (Phi) is 5.50. The van der Waals surface area contributed by atoms with E-state index < -0.39 is 25.9 Å². The minimum Gasteiger partial charge on any atom is -0.344 e. The molecule has 2 aromatic heterocycles. The number of rotatable bonds is 6. The van der Waals surface area contributed by atoms with Crippen LogP contribution in [0.4, 0.5) is 0 Å². The fraction of sp³-hybridized carbons (Fsp3) is 0.231. The Balaban J connectivity index is 1.54. The highest BCUT2D eigenvalue weighted by atomic mass is 32.2. The number of aromatic amines is 2. The molecule has 2 atom stereocenters. The van der Waals surface area contributed by atoms with Crippen molar-refractivity contribution in [1.82, 2.24) is 19.9 Å². The van der Waals surface area contributed by atoms with E-state index in [1.54, 1.807) is 44.5 Å². The van der Waals surface area contributed by atoms with E-state index in [4.69, 9.17) is 10.7 Å². The second-order valence-electron chi connectivity index (χ2n) is 8.90. The summed E-state index contributed by atoms with van der Waals surface area (Å²) in [5.74, 6) is 0.581. The summed E-state index contributed by atoms with van der Waals surface area (Å²) in [4.78, 5) is 15.8. The predicted molar refractivity (Wildman–Crippen MR) is 136 cm³/mol. The maximum atomic E-state index is 13.4. The monoisotopic (exact) mass is 473 g/mol. The Morgan fingerprint density at radius 3 is 2.62 bits per heavy atom. The number of nitrogens with one attached hydrogen (secondary N) is 2. The van der Waals surface area contributed by atoms with Crippen LogP contribution in [0.25, 0.3) is 33.5 Å². The molecular formula is C26H27N5O2S. The summed E-state index contributed by atoms with van der Waals surface area (Å²) in [7, 11) is -3.56. The standard InChI is InChI=1S/C26H27N5O2S/c1-17(2)34(32,33)26(13-7-6-10-22(26)27)15-23-30-20-12-11-19(14-21(20)31-23)25-24(28-16-29-25)18-8-4-3-5-9-18/h3-14,16-17,22H,15,27H2,1-2H3,(H,28,29)(H,30,31). The number of fused-ring (bicyclic) bond motifs is 1. The number of sulfone groups is 1. The average Bonchev–Trinajstić information content (AvgIpc) is 3.47. The summed E-state index contributed by atoms with van der Waals surface area (Å²) in [6, 6.07) is 15.3. The number of hydrogen-bond donors (Lipinski definition) is 3. The summed E-state index contributed by atoms with van der Waals surface area (Å²) >= 11 is 0. The van der Waals surface area contributed by atoms with E-state index in [1.807, 2.05) is 48.5 Å². The van der Waals surface area contributed by atoms with Gasteiger partial charge >= 0.3 is 0 Å². The van der Waals surface area contributed by atoms with E-state index >= 15 is 0 Å². The number of benzene rings is 2. The first-order valence-electron chi connectivity index (χ1n) is 11.2. The van der Waals surface area contributed by atoms with Gasteiger partial charge in [0.05, 0.1) is 34.0 Å². The van der Waals surface area contributed by atoms with Crippen molar-refractivity contribution in [1.29, 1.82) is 0 Å². The van der Waals surface area contributed by atoms with E-state index in [0.717, 1.165) is 33.5 Å². The predicted octanol–water partition coefficient (Wildman–Crippen LogP) is 4.18. The van der Waals surface area contributed by atoms with Crippen LogP contribution in [-0.4, -0.2) is 44.4 Å². The Bertz CT molecular complexity index is 1500. The molecule has 0 radical (unpaired) electrons. The van der Waals surface area contributed by atoms with Crippen LogP contribution >= 0.6 is 0 Å². The van der Waals surface area contributed by atoms with Crippen molar-refractivity contribution in [3.8, 4) is 22.5 Å². The fourth-order valence-corrected chi connectivity index (χ4v) is 6.51. The van der Waals surface area contributed by atoms with Gasteiger partial charge in [-0.3, -0.25) is 0 Å². The lowest BCUT2D eigenvalue weighted by Crippen LogP contribution is -2.56. The van der Waals surface area contributed by atoms with Gasteiger partial charge < -0.3 is 15.7 Å². The number of hydrogen-bond acceptors (Lipinski definition) is 5. The van der Waals surface area contributed by atoms with Gasteiger partial charge in [0.1, 0.15) is 10.6 Å². The average molecular weight is 474 g/mol. The molecule has 174 valence electrons. The molecule has 34 heavy (non-hydrogen) atoms. The fourth-order valence-electron chi connectivity index (χ4n) is 4.57. The molecule has 2 heterocycles. The highest BCUT2D eigenvalue weighted by Crippen LogP contribution is 2.35. The van der Waals surface area contributed by atoms with Gasteiger partial charge in [0.2, 0.25) is 0 Å². The second-order valence-corrected chi connectivity index (χ2v) is 11.7. The molecular weight excluding hydrogens is 446 g/mol. The van der Waals surface area contributed by atoms with Crippen LogP contribution in [0.2, 0.25) is 0 Å². The Morgan fingerprint density at radius 2 is 1.88 bits per heavy atom. The SMILES string of the molecule is CC(C)S(=O)(=O)C1(Cc2nc3ccc(-c4nc[nH]c4-c4ccccc4)cc3[nH]2)C=CC=CC1N. The summed E-state index contributed by atoms with van der Waals surface area (Å²) in [6.07, 6.45) is 8.84. The van der Waals surface area contributed by atoms with Gasteiger partial charge in [-0.15, -0.1) is 0 Å². The van der Waals surface area contributed by atoms with Gasteiger partial charge in [0.15, 0.2) is 9.84 Å². The maximum absolute atomic E-state index is 13.4.